The van der Waals surface area contributed by atoms with Crippen molar-refractivity contribution < 1.29 is 18.9 Å². The van der Waals surface area contributed by atoms with E-state index < -0.39 is 0 Å². The molecule has 5 nitrogen and oxygen atoms in total. The average Bonchev–Trinajstić information content (AvgIpc) is 3.09. The van der Waals surface area contributed by atoms with Gasteiger partial charge in [0.2, 0.25) is 0 Å². The zero-order valence-corrected chi connectivity index (χ0v) is 27.3. The molecule has 44 heavy (non-hydrogen) atoms. The van der Waals surface area contributed by atoms with Crippen LogP contribution in [-0.2, 0) is 34.0 Å². The minimum atomic E-state index is -0.0265. The summed E-state index contributed by atoms with van der Waals surface area (Å²) in [6, 6.07) is 36.0. The van der Waals surface area contributed by atoms with E-state index >= 15 is 0 Å². The van der Waals surface area contributed by atoms with E-state index in [-0.39, 0.29) is 18.1 Å². The molecule has 7 heteroatoms. The van der Waals surface area contributed by atoms with Crippen LogP contribution in [0.4, 0.5) is 0 Å². The van der Waals surface area contributed by atoms with Gasteiger partial charge in [-0.05, 0) is 71.2 Å². The van der Waals surface area contributed by atoms with Gasteiger partial charge in [0.1, 0.15) is 5.75 Å². The fourth-order valence-electron chi connectivity index (χ4n) is 5.37. The molecule has 0 spiro atoms. The summed E-state index contributed by atoms with van der Waals surface area (Å²) in [4.78, 5) is 2.51. The second-order valence-electron chi connectivity index (χ2n) is 10.9. The van der Waals surface area contributed by atoms with Gasteiger partial charge in [-0.25, -0.2) is 0 Å². The summed E-state index contributed by atoms with van der Waals surface area (Å²) in [5.41, 5.74) is 4.74. The van der Waals surface area contributed by atoms with E-state index in [1.165, 1.54) is 32.0 Å². The molecule has 1 aliphatic heterocycles. The Morgan fingerprint density at radius 3 is 1.70 bits per heavy atom. The molecule has 0 saturated carbocycles. The van der Waals surface area contributed by atoms with E-state index in [0.29, 0.717) is 33.0 Å². The molecule has 1 aliphatic rings. The Morgan fingerprint density at radius 2 is 1.16 bits per heavy atom. The molecule has 0 unspecified atom stereocenters. The van der Waals surface area contributed by atoms with Crippen molar-refractivity contribution >= 4 is 23.5 Å². The maximum Gasteiger partial charge on any atom is 0.119 e. The average molecular weight is 630 g/mol. The normalized spacial score (nSPS) is 18.3. The maximum absolute atomic E-state index is 6.59. The van der Waals surface area contributed by atoms with E-state index in [4.69, 9.17) is 18.9 Å². The topological polar surface area (TPSA) is 49.0 Å². The molecule has 0 aromatic heterocycles. The van der Waals surface area contributed by atoms with Crippen molar-refractivity contribution in [2.24, 2.45) is 0 Å². The van der Waals surface area contributed by atoms with Crippen LogP contribution in [0, 0.1) is 0 Å². The van der Waals surface area contributed by atoms with Gasteiger partial charge in [0.15, 0.2) is 0 Å². The second-order valence-corrected chi connectivity index (χ2v) is 12.6. The van der Waals surface area contributed by atoms with Gasteiger partial charge in [-0.2, -0.15) is 0 Å². The molecule has 1 heterocycles. The SMILES string of the molecule is CSc1ccc(CO[C@H]2CNC[C@@H](OCc3ccc(SC)cc3)[C@H]2c2ccc(OCCCOCc3ccccc3)cc2)cc1. The van der Waals surface area contributed by atoms with Crippen LogP contribution in [0.5, 0.6) is 5.75 Å². The molecule has 3 atom stereocenters. The van der Waals surface area contributed by atoms with E-state index in [1.807, 2.05) is 18.2 Å². The molecule has 232 valence electrons. The third-order valence-electron chi connectivity index (χ3n) is 7.82. The molecular weight excluding hydrogens is 587 g/mol. The van der Waals surface area contributed by atoms with Crippen LogP contribution in [-0.4, -0.2) is 51.0 Å². The van der Waals surface area contributed by atoms with Crippen molar-refractivity contribution in [3.8, 4) is 5.75 Å². The Morgan fingerprint density at radius 1 is 0.614 bits per heavy atom. The van der Waals surface area contributed by atoms with Crippen molar-refractivity contribution in [2.45, 2.75) is 54.2 Å². The molecular formula is C37H43NO4S2. The third kappa shape index (κ3) is 9.86. The standard InChI is InChI=1S/C37H43NO4S2/c1-43-33-17-9-29(10-18-33)26-41-35-23-38-24-36(42-27-30-11-19-34(44-2)20-12-30)37(35)31-13-15-32(16-14-31)40-22-6-21-39-25-28-7-4-3-5-8-28/h3-5,7-20,35-38H,6,21-27H2,1-2H3/t35-,36+,37-. The lowest BCUT2D eigenvalue weighted by molar-refractivity contribution is -0.0650. The van der Waals surface area contributed by atoms with Crippen LogP contribution in [0.2, 0.25) is 0 Å². The highest BCUT2D eigenvalue weighted by Gasteiger charge is 2.36. The third-order valence-corrected chi connectivity index (χ3v) is 9.30. The highest BCUT2D eigenvalue weighted by Crippen LogP contribution is 2.33. The number of nitrogens with one attached hydrogen (secondary N) is 1. The monoisotopic (exact) mass is 629 g/mol. The summed E-state index contributed by atoms with van der Waals surface area (Å²) in [5.74, 6) is 0.955. The molecule has 1 N–H and O–H groups in total. The van der Waals surface area contributed by atoms with Crippen LogP contribution in [0.1, 0.15) is 34.6 Å². The van der Waals surface area contributed by atoms with Crippen molar-refractivity contribution in [2.75, 3.05) is 38.8 Å². The lowest BCUT2D eigenvalue weighted by Crippen LogP contribution is -2.50. The molecule has 5 rings (SSSR count). The van der Waals surface area contributed by atoms with Crippen LogP contribution < -0.4 is 10.1 Å². The maximum atomic E-state index is 6.59. The van der Waals surface area contributed by atoms with Gasteiger partial charge in [0.05, 0.1) is 45.2 Å². The van der Waals surface area contributed by atoms with Crippen molar-refractivity contribution in [3.05, 3.63) is 125 Å². The lowest BCUT2D eigenvalue weighted by Gasteiger charge is -2.39. The predicted octanol–water partition coefficient (Wildman–Crippen LogP) is 7.97. The molecule has 4 aromatic rings. The minimum Gasteiger partial charge on any atom is -0.494 e. The van der Waals surface area contributed by atoms with Gasteiger partial charge < -0.3 is 24.3 Å². The molecule has 0 aliphatic carbocycles. The minimum absolute atomic E-state index is 0.0265. The number of hydrogen-bond donors (Lipinski definition) is 1. The van der Waals surface area contributed by atoms with Gasteiger partial charge in [-0.1, -0.05) is 66.7 Å². The van der Waals surface area contributed by atoms with Gasteiger partial charge in [0.25, 0.3) is 0 Å². The molecule has 1 saturated heterocycles. The van der Waals surface area contributed by atoms with Crippen molar-refractivity contribution in [1.82, 2.24) is 5.32 Å². The van der Waals surface area contributed by atoms with E-state index in [1.54, 1.807) is 23.5 Å². The molecule has 4 aromatic carbocycles. The highest BCUT2D eigenvalue weighted by molar-refractivity contribution is 7.98. The molecule has 1 fully saturated rings. The second kappa shape index (κ2) is 17.6. The quantitative estimate of drug-likeness (QED) is 0.0997. The number of piperidine rings is 1. The Bertz CT molecular complexity index is 1310. The van der Waals surface area contributed by atoms with Crippen LogP contribution in [0.15, 0.2) is 113 Å². The van der Waals surface area contributed by atoms with Gasteiger partial charge in [-0.15, -0.1) is 23.5 Å². The molecule has 0 radical (unpaired) electrons. The smallest absolute Gasteiger partial charge is 0.119 e. The fraction of sp³-hybridized carbons (Fsp3) is 0.351. The van der Waals surface area contributed by atoms with Crippen LogP contribution >= 0.6 is 23.5 Å². The summed E-state index contributed by atoms with van der Waals surface area (Å²) < 4.78 is 25.0. The van der Waals surface area contributed by atoms with E-state index in [2.05, 4.69) is 103 Å². The first-order valence-electron chi connectivity index (χ1n) is 15.3. The Hall–Kier alpha value is -2.78. The Balaban J connectivity index is 1.20. The van der Waals surface area contributed by atoms with Crippen LogP contribution in [0.25, 0.3) is 0 Å². The number of ether oxygens (including phenoxy) is 4. The lowest BCUT2D eigenvalue weighted by atomic mass is 9.85. The number of hydrogen-bond acceptors (Lipinski definition) is 7. The summed E-state index contributed by atoms with van der Waals surface area (Å²) in [7, 11) is 0. The van der Waals surface area contributed by atoms with Gasteiger partial charge in [-0.3, -0.25) is 0 Å². The summed E-state index contributed by atoms with van der Waals surface area (Å²) in [6.45, 7) is 4.59. The Labute approximate surface area is 271 Å². The van der Waals surface area contributed by atoms with Crippen LogP contribution in [0.3, 0.4) is 0 Å². The zero-order chi connectivity index (χ0) is 30.4. The molecule has 0 bridgehead atoms. The zero-order valence-electron chi connectivity index (χ0n) is 25.7. The Kier molecular flexibility index (Phi) is 13.1. The number of thioether (sulfide) groups is 2. The largest absolute Gasteiger partial charge is 0.494 e. The summed E-state index contributed by atoms with van der Waals surface area (Å²) in [5, 5.41) is 3.57. The fourth-order valence-corrected chi connectivity index (χ4v) is 6.18. The van der Waals surface area contributed by atoms with Crippen molar-refractivity contribution in [3.63, 3.8) is 0 Å². The summed E-state index contributed by atoms with van der Waals surface area (Å²) >= 11 is 3.50. The molecule has 0 amide bonds. The van der Waals surface area contributed by atoms with Gasteiger partial charge in [0, 0.05) is 35.2 Å². The van der Waals surface area contributed by atoms with E-state index in [9.17, 15) is 0 Å². The highest BCUT2D eigenvalue weighted by atomic mass is 32.2. The van der Waals surface area contributed by atoms with Crippen molar-refractivity contribution in [1.29, 1.82) is 0 Å². The summed E-state index contributed by atoms with van der Waals surface area (Å²) in [6.07, 6.45) is 4.98. The number of benzene rings is 4. The predicted molar refractivity (Wildman–Crippen MR) is 182 cm³/mol. The van der Waals surface area contributed by atoms with Gasteiger partial charge >= 0.3 is 0 Å². The van der Waals surface area contributed by atoms with E-state index in [0.717, 1.165) is 25.3 Å². The number of rotatable bonds is 16. The first-order valence-corrected chi connectivity index (χ1v) is 17.7. The first kappa shape index (κ1) is 32.6. The first-order chi connectivity index (χ1) is 21.7.